The molecule has 0 bridgehead atoms. The molecule has 2 aromatic heterocycles. The SMILES string of the molecule is Cc1sc(C(C)Nc2cccc(C#N)n2)nc1-c1ccc(Cl)cc1. The van der Waals surface area contributed by atoms with Crippen LogP contribution in [0.15, 0.2) is 42.5 Å². The summed E-state index contributed by atoms with van der Waals surface area (Å²) in [6.45, 7) is 4.09. The molecule has 0 fully saturated rings. The predicted molar refractivity (Wildman–Crippen MR) is 98.3 cm³/mol. The fraction of sp³-hybridized carbons (Fsp3) is 0.167. The number of aromatic nitrogens is 2. The van der Waals surface area contributed by atoms with Crippen LogP contribution in [0.3, 0.4) is 0 Å². The number of nitriles is 1. The van der Waals surface area contributed by atoms with Crippen LogP contribution in [0.25, 0.3) is 11.3 Å². The Balaban J connectivity index is 1.83. The summed E-state index contributed by atoms with van der Waals surface area (Å²) < 4.78 is 0. The molecule has 3 rings (SSSR count). The van der Waals surface area contributed by atoms with Crippen molar-refractivity contribution >= 4 is 28.8 Å². The summed E-state index contributed by atoms with van der Waals surface area (Å²) in [5, 5.41) is 13.9. The highest BCUT2D eigenvalue weighted by atomic mass is 35.5. The molecule has 4 nitrogen and oxygen atoms in total. The van der Waals surface area contributed by atoms with Gasteiger partial charge in [-0.05, 0) is 38.1 Å². The second-order valence-corrected chi connectivity index (χ2v) is 7.02. The maximum atomic E-state index is 8.94. The van der Waals surface area contributed by atoms with Gasteiger partial charge in [-0.15, -0.1) is 11.3 Å². The smallest absolute Gasteiger partial charge is 0.142 e. The number of anilines is 1. The van der Waals surface area contributed by atoms with E-state index >= 15 is 0 Å². The first-order valence-electron chi connectivity index (χ1n) is 7.44. The molecule has 0 aliphatic carbocycles. The third-order valence-electron chi connectivity index (χ3n) is 3.53. The number of nitrogens with zero attached hydrogens (tertiary/aromatic N) is 3. The Bertz CT molecular complexity index is 896. The van der Waals surface area contributed by atoms with Crippen molar-refractivity contribution in [3.63, 3.8) is 0 Å². The Morgan fingerprint density at radius 3 is 2.62 bits per heavy atom. The molecule has 0 radical (unpaired) electrons. The molecule has 1 atom stereocenters. The van der Waals surface area contributed by atoms with Gasteiger partial charge in [0.05, 0.1) is 11.7 Å². The van der Waals surface area contributed by atoms with Gasteiger partial charge in [0, 0.05) is 15.5 Å². The summed E-state index contributed by atoms with van der Waals surface area (Å²) in [4.78, 5) is 10.2. The highest BCUT2D eigenvalue weighted by molar-refractivity contribution is 7.12. The maximum Gasteiger partial charge on any atom is 0.142 e. The van der Waals surface area contributed by atoms with E-state index in [1.54, 1.807) is 17.4 Å². The molecule has 1 N–H and O–H groups in total. The molecule has 6 heteroatoms. The van der Waals surface area contributed by atoms with Gasteiger partial charge < -0.3 is 5.32 Å². The Morgan fingerprint density at radius 2 is 1.92 bits per heavy atom. The molecule has 0 aliphatic heterocycles. The number of hydrogen-bond acceptors (Lipinski definition) is 5. The quantitative estimate of drug-likeness (QED) is 0.698. The van der Waals surface area contributed by atoms with E-state index in [-0.39, 0.29) is 6.04 Å². The molecule has 3 aromatic rings. The topological polar surface area (TPSA) is 61.6 Å². The van der Waals surface area contributed by atoms with Gasteiger partial charge in [0.25, 0.3) is 0 Å². The molecule has 120 valence electrons. The second kappa shape index (κ2) is 7.00. The molecular weight excluding hydrogens is 340 g/mol. The second-order valence-electron chi connectivity index (χ2n) is 5.35. The molecule has 0 spiro atoms. The van der Waals surface area contributed by atoms with E-state index < -0.39 is 0 Å². The van der Waals surface area contributed by atoms with Crippen LogP contribution in [-0.4, -0.2) is 9.97 Å². The number of thiazole rings is 1. The number of hydrogen-bond donors (Lipinski definition) is 1. The van der Waals surface area contributed by atoms with Crippen molar-refractivity contribution < 1.29 is 0 Å². The van der Waals surface area contributed by atoms with Crippen molar-refractivity contribution in [1.82, 2.24) is 9.97 Å². The third-order valence-corrected chi connectivity index (χ3v) is 4.93. The number of halogens is 1. The average molecular weight is 355 g/mol. The number of nitrogens with one attached hydrogen (secondary N) is 1. The normalized spacial score (nSPS) is 11.8. The molecule has 1 aromatic carbocycles. The number of benzene rings is 1. The minimum atomic E-state index is -0.00352. The zero-order chi connectivity index (χ0) is 17.1. The molecule has 0 saturated heterocycles. The van der Waals surface area contributed by atoms with Crippen molar-refractivity contribution in [2.45, 2.75) is 19.9 Å². The molecule has 0 aliphatic rings. The fourth-order valence-electron chi connectivity index (χ4n) is 2.34. The summed E-state index contributed by atoms with van der Waals surface area (Å²) in [6.07, 6.45) is 0. The van der Waals surface area contributed by atoms with Gasteiger partial charge in [-0.1, -0.05) is 29.8 Å². The van der Waals surface area contributed by atoms with Gasteiger partial charge in [0.2, 0.25) is 0 Å². The molecule has 24 heavy (non-hydrogen) atoms. The van der Waals surface area contributed by atoms with E-state index in [1.807, 2.05) is 49.4 Å². The summed E-state index contributed by atoms with van der Waals surface area (Å²) in [6, 6.07) is 15.1. The van der Waals surface area contributed by atoms with Crippen molar-refractivity contribution in [1.29, 1.82) is 5.26 Å². The zero-order valence-corrected chi connectivity index (χ0v) is 14.8. The first-order chi connectivity index (χ1) is 11.6. The van der Waals surface area contributed by atoms with Crippen LogP contribution in [0.1, 0.15) is 28.5 Å². The van der Waals surface area contributed by atoms with Gasteiger partial charge in [-0.25, -0.2) is 9.97 Å². The number of aryl methyl sites for hydroxylation is 1. The van der Waals surface area contributed by atoms with Gasteiger partial charge in [0.1, 0.15) is 22.6 Å². The van der Waals surface area contributed by atoms with Crippen molar-refractivity contribution in [3.8, 4) is 17.3 Å². The van der Waals surface area contributed by atoms with Crippen molar-refractivity contribution in [3.05, 3.63) is 63.1 Å². The maximum absolute atomic E-state index is 8.94. The highest BCUT2D eigenvalue weighted by Gasteiger charge is 2.15. The highest BCUT2D eigenvalue weighted by Crippen LogP contribution is 2.32. The van der Waals surface area contributed by atoms with Crippen LogP contribution in [-0.2, 0) is 0 Å². The van der Waals surface area contributed by atoms with Crippen LogP contribution < -0.4 is 5.32 Å². The minimum Gasteiger partial charge on any atom is -0.361 e. The zero-order valence-electron chi connectivity index (χ0n) is 13.2. The van der Waals surface area contributed by atoms with Crippen LogP contribution in [0.4, 0.5) is 5.82 Å². The van der Waals surface area contributed by atoms with Gasteiger partial charge in [-0.2, -0.15) is 5.26 Å². The number of rotatable bonds is 4. The summed E-state index contributed by atoms with van der Waals surface area (Å²) in [5.41, 5.74) is 2.42. The van der Waals surface area contributed by atoms with E-state index in [9.17, 15) is 0 Å². The monoisotopic (exact) mass is 354 g/mol. The average Bonchev–Trinajstić information content (AvgIpc) is 2.98. The van der Waals surface area contributed by atoms with E-state index in [0.29, 0.717) is 16.5 Å². The first kappa shape index (κ1) is 16.4. The fourth-order valence-corrected chi connectivity index (χ4v) is 3.41. The lowest BCUT2D eigenvalue weighted by molar-refractivity contribution is 0.861. The Labute approximate surface area is 149 Å². The largest absolute Gasteiger partial charge is 0.361 e. The lowest BCUT2D eigenvalue weighted by Gasteiger charge is -2.11. The van der Waals surface area contributed by atoms with Crippen LogP contribution in [0.2, 0.25) is 5.02 Å². The van der Waals surface area contributed by atoms with Crippen molar-refractivity contribution in [2.24, 2.45) is 0 Å². The van der Waals surface area contributed by atoms with Crippen LogP contribution in [0, 0.1) is 18.3 Å². The summed E-state index contributed by atoms with van der Waals surface area (Å²) >= 11 is 7.60. The van der Waals surface area contributed by atoms with Crippen LogP contribution in [0.5, 0.6) is 0 Å². The van der Waals surface area contributed by atoms with E-state index in [0.717, 1.165) is 21.1 Å². The third kappa shape index (κ3) is 3.56. The Morgan fingerprint density at radius 1 is 1.17 bits per heavy atom. The van der Waals surface area contributed by atoms with Crippen LogP contribution >= 0.6 is 22.9 Å². The van der Waals surface area contributed by atoms with E-state index in [2.05, 4.69) is 17.2 Å². The minimum absolute atomic E-state index is 0.00352. The molecule has 0 saturated carbocycles. The molecule has 0 amide bonds. The lowest BCUT2D eigenvalue weighted by atomic mass is 10.1. The molecule has 2 heterocycles. The number of pyridine rings is 1. The van der Waals surface area contributed by atoms with Gasteiger partial charge in [0.15, 0.2) is 0 Å². The summed E-state index contributed by atoms with van der Waals surface area (Å²) in [5.74, 6) is 0.669. The van der Waals surface area contributed by atoms with Gasteiger partial charge in [-0.3, -0.25) is 0 Å². The Kier molecular flexibility index (Phi) is 4.79. The first-order valence-corrected chi connectivity index (χ1v) is 8.63. The predicted octanol–water partition coefficient (Wildman–Crippen LogP) is 5.21. The van der Waals surface area contributed by atoms with E-state index in [1.165, 1.54) is 0 Å². The van der Waals surface area contributed by atoms with Crippen molar-refractivity contribution in [2.75, 3.05) is 5.32 Å². The molecule has 1 unspecified atom stereocenters. The molecular formula is C18H15ClN4S. The standard InChI is InChI=1S/C18H15ClN4S/c1-11(21-16-5-3-4-15(10-20)22-16)18-23-17(12(2)24-18)13-6-8-14(19)9-7-13/h3-9,11H,1-2H3,(H,21,22). The van der Waals surface area contributed by atoms with Gasteiger partial charge >= 0.3 is 0 Å². The summed E-state index contributed by atoms with van der Waals surface area (Å²) in [7, 11) is 0. The Hall–Kier alpha value is -2.42. The lowest BCUT2D eigenvalue weighted by Crippen LogP contribution is -2.08. The van der Waals surface area contributed by atoms with E-state index in [4.69, 9.17) is 21.8 Å².